The molecule has 0 atom stereocenters. The number of rotatable bonds is 0. The highest BCUT2D eigenvalue weighted by atomic mass is 14.3. The molecule has 94 valence electrons. The van der Waals surface area contributed by atoms with E-state index in [0.717, 1.165) is 0 Å². The monoisotopic (exact) mass is 230 g/mol. The Labute approximate surface area is 106 Å². The van der Waals surface area contributed by atoms with Crippen LogP contribution in [0.2, 0.25) is 0 Å². The lowest BCUT2D eigenvalue weighted by Gasteiger charge is -2.33. The van der Waals surface area contributed by atoms with Gasteiger partial charge < -0.3 is 0 Å². The van der Waals surface area contributed by atoms with Crippen LogP contribution in [0.3, 0.4) is 0 Å². The minimum Gasteiger partial charge on any atom is -0.0683 e. The van der Waals surface area contributed by atoms with Crippen LogP contribution in [-0.2, 0) is 31.1 Å². The number of hydrogen-bond donors (Lipinski definition) is 0. The number of hydrogen-bond acceptors (Lipinski definition) is 0. The van der Waals surface area contributed by atoms with Crippen molar-refractivity contribution in [2.75, 3.05) is 0 Å². The van der Waals surface area contributed by atoms with E-state index >= 15 is 0 Å². The Morgan fingerprint density at radius 3 is 1.94 bits per heavy atom. The van der Waals surface area contributed by atoms with E-state index in [1.807, 2.05) is 13.8 Å². The van der Waals surface area contributed by atoms with Crippen LogP contribution in [0, 0.1) is 0 Å². The zero-order chi connectivity index (χ0) is 12.6. The van der Waals surface area contributed by atoms with Crippen molar-refractivity contribution in [3.05, 3.63) is 33.9 Å². The number of fused-ring (bicyclic) bond motifs is 2. The van der Waals surface area contributed by atoms with Crippen LogP contribution < -0.4 is 0 Å². The van der Waals surface area contributed by atoms with Gasteiger partial charge in [-0.25, -0.2) is 0 Å². The summed E-state index contributed by atoms with van der Waals surface area (Å²) >= 11 is 0. The van der Waals surface area contributed by atoms with Crippen LogP contribution in [0.5, 0.6) is 0 Å². The maximum Gasteiger partial charge on any atom is -0.0126 e. The van der Waals surface area contributed by atoms with Crippen molar-refractivity contribution >= 4 is 0 Å². The Balaban J connectivity index is 0.000000514. The quantitative estimate of drug-likeness (QED) is 0.611. The fourth-order valence-corrected chi connectivity index (χ4v) is 3.35. The molecule has 1 aromatic carbocycles. The molecule has 2 aliphatic rings. The summed E-state index contributed by atoms with van der Waals surface area (Å²) in [5, 5.41) is 0. The van der Waals surface area contributed by atoms with Gasteiger partial charge in [-0.2, -0.15) is 0 Å². The summed E-state index contributed by atoms with van der Waals surface area (Å²) in [6.07, 6.45) is 6.68. The zero-order valence-corrected chi connectivity index (χ0v) is 12.1. The van der Waals surface area contributed by atoms with E-state index in [9.17, 15) is 0 Å². The molecule has 0 fully saturated rings. The second-order valence-electron chi connectivity index (χ2n) is 6.13. The lowest BCUT2D eigenvalue weighted by atomic mass is 9.72. The highest BCUT2D eigenvalue weighted by molar-refractivity contribution is 5.54. The second kappa shape index (κ2) is 4.48. The van der Waals surface area contributed by atoms with Gasteiger partial charge in [0.15, 0.2) is 0 Å². The first-order valence-electron chi connectivity index (χ1n) is 7.24. The molecule has 0 saturated heterocycles. The fourth-order valence-electron chi connectivity index (χ4n) is 3.35. The molecule has 0 amide bonds. The van der Waals surface area contributed by atoms with Gasteiger partial charge in [0.25, 0.3) is 0 Å². The van der Waals surface area contributed by atoms with Crippen LogP contribution in [0.1, 0.15) is 68.9 Å². The summed E-state index contributed by atoms with van der Waals surface area (Å²) in [5.74, 6) is 0. The molecule has 0 aliphatic heterocycles. The van der Waals surface area contributed by atoms with Crippen molar-refractivity contribution < 1.29 is 0 Å². The molecule has 0 aromatic heterocycles. The van der Waals surface area contributed by atoms with Crippen molar-refractivity contribution in [1.82, 2.24) is 0 Å². The fraction of sp³-hybridized carbons (Fsp3) is 0.647. The van der Waals surface area contributed by atoms with Gasteiger partial charge in [0.2, 0.25) is 0 Å². The minimum absolute atomic E-state index is 0.347. The van der Waals surface area contributed by atoms with Crippen LogP contribution in [-0.4, -0.2) is 0 Å². The molecule has 0 N–H and O–H groups in total. The van der Waals surface area contributed by atoms with Gasteiger partial charge in [0.05, 0.1) is 0 Å². The Morgan fingerprint density at radius 2 is 1.41 bits per heavy atom. The molecule has 3 rings (SSSR count). The SMILES string of the molecule is CC.CC(C)(C)c1c2c(cc3c1CC3)CCC2. The third kappa shape index (κ3) is 2.03. The van der Waals surface area contributed by atoms with Crippen LogP contribution >= 0.6 is 0 Å². The summed E-state index contributed by atoms with van der Waals surface area (Å²) in [7, 11) is 0. The molecule has 0 radical (unpaired) electrons. The van der Waals surface area contributed by atoms with Crippen LogP contribution in [0.4, 0.5) is 0 Å². The predicted molar refractivity (Wildman–Crippen MR) is 75.9 cm³/mol. The van der Waals surface area contributed by atoms with Gasteiger partial charge in [0.1, 0.15) is 0 Å². The topological polar surface area (TPSA) is 0 Å². The molecule has 0 saturated carbocycles. The molecule has 0 bridgehead atoms. The maximum absolute atomic E-state index is 2.50. The summed E-state index contributed by atoms with van der Waals surface area (Å²) in [4.78, 5) is 0. The van der Waals surface area contributed by atoms with Gasteiger partial charge in [0, 0.05) is 0 Å². The third-order valence-corrected chi connectivity index (χ3v) is 3.99. The van der Waals surface area contributed by atoms with E-state index in [-0.39, 0.29) is 0 Å². The molecule has 1 aromatic rings. The van der Waals surface area contributed by atoms with E-state index < -0.39 is 0 Å². The molecular formula is C17H26. The van der Waals surface area contributed by atoms with Gasteiger partial charge in [-0.3, -0.25) is 0 Å². The van der Waals surface area contributed by atoms with E-state index in [1.165, 1.54) is 32.1 Å². The lowest BCUT2D eigenvalue weighted by molar-refractivity contribution is 0.565. The summed E-state index contributed by atoms with van der Waals surface area (Å²) in [5.41, 5.74) is 8.78. The minimum atomic E-state index is 0.347. The van der Waals surface area contributed by atoms with Crippen molar-refractivity contribution in [2.24, 2.45) is 0 Å². The highest BCUT2D eigenvalue weighted by Crippen LogP contribution is 2.41. The summed E-state index contributed by atoms with van der Waals surface area (Å²) < 4.78 is 0. The molecule has 0 spiro atoms. The van der Waals surface area contributed by atoms with E-state index in [2.05, 4.69) is 26.8 Å². The smallest absolute Gasteiger partial charge is 0.0126 e. The average Bonchev–Trinajstić information content (AvgIpc) is 2.69. The first-order chi connectivity index (χ1) is 8.07. The number of aryl methyl sites for hydroxylation is 2. The van der Waals surface area contributed by atoms with Gasteiger partial charge >= 0.3 is 0 Å². The zero-order valence-electron chi connectivity index (χ0n) is 12.1. The molecule has 0 heteroatoms. The normalized spacial score (nSPS) is 16.5. The third-order valence-electron chi connectivity index (χ3n) is 3.99. The van der Waals surface area contributed by atoms with Gasteiger partial charge in [-0.15, -0.1) is 0 Å². The van der Waals surface area contributed by atoms with Crippen molar-refractivity contribution in [2.45, 2.75) is 72.1 Å². The van der Waals surface area contributed by atoms with Crippen molar-refractivity contribution in [3.63, 3.8) is 0 Å². The highest BCUT2D eigenvalue weighted by Gasteiger charge is 2.30. The standard InChI is InChI=1S/C15H20.C2H6/c1-15(2,3)14-12-6-4-5-10(12)9-11-7-8-13(11)14;1-2/h9H,4-8H2,1-3H3;1-2H3. The summed E-state index contributed by atoms with van der Waals surface area (Å²) in [6, 6.07) is 2.50. The maximum atomic E-state index is 2.50. The molecular weight excluding hydrogens is 204 g/mol. The second-order valence-corrected chi connectivity index (χ2v) is 6.13. The number of benzene rings is 1. The molecule has 2 aliphatic carbocycles. The average molecular weight is 230 g/mol. The lowest BCUT2D eigenvalue weighted by Crippen LogP contribution is -2.23. The Hall–Kier alpha value is -0.780. The molecule has 0 heterocycles. The Kier molecular flexibility index (Phi) is 3.34. The predicted octanol–water partition coefficient (Wildman–Crippen LogP) is 4.60. The van der Waals surface area contributed by atoms with Crippen molar-refractivity contribution in [1.29, 1.82) is 0 Å². The van der Waals surface area contributed by atoms with E-state index in [1.54, 1.807) is 27.8 Å². The molecule has 0 unspecified atom stereocenters. The first-order valence-corrected chi connectivity index (χ1v) is 7.24. The van der Waals surface area contributed by atoms with E-state index in [4.69, 9.17) is 0 Å². The largest absolute Gasteiger partial charge is 0.0683 e. The van der Waals surface area contributed by atoms with Gasteiger partial charge in [-0.1, -0.05) is 40.7 Å². The Morgan fingerprint density at radius 1 is 0.824 bits per heavy atom. The molecule has 17 heavy (non-hydrogen) atoms. The molecule has 0 nitrogen and oxygen atoms in total. The van der Waals surface area contributed by atoms with Crippen LogP contribution in [0.25, 0.3) is 0 Å². The van der Waals surface area contributed by atoms with Crippen LogP contribution in [0.15, 0.2) is 6.07 Å². The summed E-state index contributed by atoms with van der Waals surface area (Å²) in [6.45, 7) is 11.1. The van der Waals surface area contributed by atoms with Crippen molar-refractivity contribution in [3.8, 4) is 0 Å². The van der Waals surface area contributed by atoms with Gasteiger partial charge in [-0.05, 0) is 65.3 Å². The Bertz CT molecular complexity index is 419. The van der Waals surface area contributed by atoms with E-state index in [0.29, 0.717) is 5.41 Å². The first kappa shape index (κ1) is 12.7.